The second kappa shape index (κ2) is 8.93. The van der Waals surface area contributed by atoms with Crippen molar-refractivity contribution in [2.75, 3.05) is 11.9 Å². The van der Waals surface area contributed by atoms with Gasteiger partial charge in [0, 0.05) is 18.2 Å². The van der Waals surface area contributed by atoms with Crippen LogP contribution in [-0.4, -0.2) is 32.1 Å². The van der Waals surface area contributed by atoms with Gasteiger partial charge in [0.25, 0.3) is 0 Å². The minimum atomic E-state index is -3.73. The molecule has 0 bridgehead atoms. The third kappa shape index (κ3) is 5.94. The van der Waals surface area contributed by atoms with E-state index in [4.69, 9.17) is 0 Å². The summed E-state index contributed by atoms with van der Waals surface area (Å²) < 4.78 is 27.1. The minimum absolute atomic E-state index is 0.0759. The van der Waals surface area contributed by atoms with Crippen molar-refractivity contribution in [2.45, 2.75) is 31.3 Å². The Kier molecular flexibility index (Phi) is 6.90. The summed E-state index contributed by atoms with van der Waals surface area (Å²) in [6.07, 6.45) is -0.458. The van der Waals surface area contributed by atoms with Crippen LogP contribution in [0.2, 0.25) is 0 Å². The van der Waals surface area contributed by atoms with Gasteiger partial charge < -0.3 is 10.4 Å². The Morgan fingerprint density at radius 2 is 1.65 bits per heavy atom. The number of carbonyl (C=O) groups is 1. The molecule has 1 atom stereocenters. The Balaban J connectivity index is 1.93. The molecule has 0 saturated heterocycles. The first kappa shape index (κ1) is 20.1. The highest BCUT2D eigenvalue weighted by Crippen LogP contribution is 2.15. The number of hydrogen-bond acceptors (Lipinski definition) is 4. The molecule has 0 aromatic heterocycles. The number of benzene rings is 2. The Morgan fingerprint density at radius 3 is 2.23 bits per heavy atom. The van der Waals surface area contributed by atoms with E-state index >= 15 is 0 Å². The number of carbonyl (C=O) groups excluding carboxylic acids is 1. The zero-order valence-electron chi connectivity index (χ0n) is 14.8. The Morgan fingerprint density at radius 1 is 1.04 bits per heavy atom. The van der Waals surface area contributed by atoms with Crippen molar-refractivity contribution in [1.29, 1.82) is 0 Å². The summed E-state index contributed by atoms with van der Waals surface area (Å²) in [6, 6.07) is 15.3. The van der Waals surface area contributed by atoms with Crippen molar-refractivity contribution >= 4 is 21.6 Å². The van der Waals surface area contributed by atoms with Gasteiger partial charge in [-0.1, -0.05) is 44.2 Å². The average Bonchev–Trinajstić information content (AvgIpc) is 2.61. The maximum atomic E-state index is 12.3. The first-order valence-electron chi connectivity index (χ1n) is 8.40. The highest BCUT2D eigenvalue weighted by Gasteiger charge is 2.16. The van der Waals surface area contributed by atoms with Crippen LogP contribution in [0.5, 0.6) is 0 Å². The SMILES string of the molecule is CC(C)C(=O)Nc1ccc(S(=O)(=O)NCC(O)Cc2ccccc2)cc1. The van der Waals surface area contributed by atoms with E-state index in [2.05, 4.69) is 10.0 Å². The predicted molar refractivity (Wildman–Crippen MR) is 101 cm³/mol. The number of hydrogen-bond donors (Lipinski definition) is 3. The number of rotatable bonds is 8. The molecular weight excluding hydrogens is 352 g/mol. The quantitative estimate of drug-likeness (QED) is 0.658. The molecule has 26 heavy (non-hydrogen) atoms. The van der Waals surface area contributed by atoms with Crippen LogP contribution >= 0.6 is 0 Å². The molecule has 0 heterocycles. The molecule has 0 aliphatic heterocycles. The van der Waals surface area contributed by atoms with Gasteiger partial charge in [-0.2, -0.15) is 0 Å². The standard InChI is InChI=1S/C19H24N2O4S/c1-14(2)19(23)21-16-8-10-18(11-9-16)26(24,25)20-13-17(22)12-15-6-4-3-5-7-15/h3-11,14,17,20,22H,12-13H2,1-2H3,(H,21,23). The van der Waals surface area contributed by atoms with E-state index in [-0.39, 0.29) is 23.3 Å². The molecule has 140 valence electrons. The van der Waals surface area contributed by atoms with Gasteiger partial charge >= 0.3 is 0 Å². The number of nitrogens with one attached hydrogen (secondary N) is 2. The molecule has 6 nitrogen and oxygen atoms in total. The van der Waals surface area contributed by atoms with E-state index in [0.717, 1.165) is 5.56 Å². The van der Waals surface area contributed by atoms with Crippen molar-refractivity contribution in [3.8, 4) is 0 Å². The maximum Gasteiger partial charge on any atom is 0.240 e. The second-order valence-corrected chi connectivity index (χ2v) is 8.13. The van der Waals surface area contributed by atoms with E-state index in [1.54, 1.807) is 13.8 Å². The summed E-state index contributed by atoms with van der Waals surface area (Å²) in [5.41, 5.74) is 1.47. The lowest BCUT2D eigenvalue weighted by molar-refractivity contribution is -0.118. The van der Waals surface area contributed by atoms with Crippen molar-refractivity contribution in [2.24, 2.45) is 5.92 Å². The zero-order chi connectivity index (χ0) is 19.2. The van der Waals surface area contributed by atoms with E-state index in [1.165, 1.54) is 24.3 Å². The molecule has 1 unspecified atom stereocenters. The highest BCUT2D eigenvalue weighted by atomic mass is 32.2. The van der Waals surface area contributed by atoms with Crippen LogP contribution in [0, 0.1) is 5.92 Å². The van der Waals surface area contributed by atoms with Crippen molar-refractivity contribution < 1.29 is 18.3 Å². The fourth-order valence-electron chi connectivity index (χ4n) is 2.25. The molecular formula is C19H24N2O4S. The number of amides is 1. The van der Waals surface area contributed by atoms with Crippen molar-refractivity contribution in [1.82, 2.24) is 4.72 Å². The number of aliphatic hydroxyl groups excluding tert-OH is 1. The van der Waals surface area contributed by atoms with Gasteiger partial charge in [0.1, 0.15) is 0 Å². The molecule has 0 fully saturated rings. The summed E-state index contributed by atoms with van der Waals surface area (Å²) in [5, 5.41) is 12.7. The molecule has 0 saturated carbocycles. The monoisotopic (exact) mass is 376 g/mol. The maximum absolute atomic E-state index is 12.3. The van der Waals surface area contributed by atoms with E-state index in [1.807, 2.05) is 30.3 Å². The molecule has 2 rings (SSSR count). The van der Waals surface area contributed by atoms with Gasteiger partial charge in [-0.3, -0.25) is 4.79 Å². The van der Waals surface area contributed by atoms with Crippen LogP contribution in [0.4, 0.5) is 5.69 Å². The van der Waals surface area contributed by atoms with Crippen LogP contribution in [0.1, 0.15) is 19.4 Å². The molecule has 0 radical (unpaired) electrons. The molecule has 1 amide bonds. The zero-order valence-corrected chi connectivity index (χ0v) is 15.7. The Labute approximate surface area is 154 Å². The highest BCUT2D eigenvalue weighted by molar-refractivity contribution is 7.89. The lowest BCUT2D eigenvalue weighted by Gasteiger charge is -2.13. The predicted octanol–water partition coefficient (Wildman–Crippen LogP) is 2.16. The lowest BCUT2D eigenvalue weighted by atomic mass is 10.1. The van der Waals surface area contributed by atoms with E-state index in [9.17, 15) is 18.3 Å². The van der Waals surface area contributed by atoms with Crippen molar-refractivity contribution in [3.05, 3.63) is 60.2 Å². The molecule has 0 aliphatic rings. The van der Waals surface area contributed by atoms with E-state index < -0.39 is 16.1 Å². The summed E-state index contributed by atoms with van der Waals surface area (Å²) >= 11 is 0. The van der Waals surface area contributed by atoms with Crippen LogP contribution in [0.25, 0.3) is 0 Å². The van der Waals surface area contributed by atoms with Crippen LogP contribution in [0.15, 0.2) is 59.5 Å². The molecule has 0 aliphatic carbocycles. The van der Waals surface area contributed by atoms with Crippen LogP contribution in [0.3, 0.4) is 0 Å². The second-order valence-electron chi connectivity index (χ2n) is 6.36. The normalized spacial score (nSPS) is 12.8. The summed E-state index contributed by atoms with van der Waals surface area (Å²) in [7, 11) is -3.73. The Hall–Kier alpha value is -2.22. The van der Waals surface area contributed by atoms with Crippen LogP contribution < -0.4 is 10.0 Å². The van der Waals surface area contributed by atoms with Gasteiger partial charge in [0.15, 0.2) is 0 Å². The molecule has 0 spiro atoms. The Bertz CT molecular complexity index is 818. The first-order chi connectivity index (χ1) is 12.3. The number of anilines is 1. The summed E-state index contributed by atoms with van der Waals surface area (Å²) in [6.45, 7) is 3.47. The van der Waals surface area contributed by atoms with Gasteiger partial charge in [0.05, 0.1) is 11.0 Å². The fraction of sp³-hybridized carbons (Fsp3) is 0.316. The molecule has 2 aromatic carbocycles. The molecule has 7 heteroatoms. The third-order valence-electron chi connectivity index (χ3n) is 3.78. The van der Waals surface area contributed by atoms with Crippen molar-refractivity contribution in [3.63, 3.8) is 0 Å². The lowest BCUT2D eigenvalue weighted by Crippen LogP contribution is -2.33. The van der Waals surface area contributed by atoms with Gasteiger partial charge in [-0.25, -0.2) is 13.1 Å². The van der Waals surface area contributed by atoms with Gasteiger partial charge in [-0.05, 0) is 36.2 Å². The first-order valence-corrected chi connectivity index (χ1v) is 9.89. The number of sulfonamides is 1. The molecule has 2 aromatic rings. The van der Waals surface area contributed by atoms with Gasteiger partial charge in [0.2, 0.25) is 15.9 Å². The third-order valence-corrected chi connectivity index (χ3v) is 5.22. The van der Waals surface area contributed by atoms with E-state index in [0.29, 0.717) is 12.1 Å². The smallest absolute Gasteiger partial charge is 0.240 e. The summed E-state index contributed by atoms with van der Waals surface area (Å²) in [5.74, 6) is -0.297. The largest absolute Gasteiger partial charge is 0.391 e. The minimum Gasteiger partial charge on any atom is -0.391 e. The topological polar surface area (TPSA) is 95.5 Å². The number of aliphatic hydroxyl groups is 1. The van der Waals surface area contributed by atoms with Gasteiger partial charge in [-0.15, -0.1) is 0 Å². The summed E-state index contributed by atoms with van der Waals surface area (Å²) in [4.78, 5) is 11.7. The average molecular weight is 376 g/mol. The van der Waals surface area contributed by atoms with Crippen LogP contribution in [-0.2, 0) is 21.2 Å². The molecule has 3 N–H and O–H groups in total. The fourth-order valence-corrected chi connectivity index (χ4v) is 3.32.